The fourth-order valence-corrected chi connectivity index (χ4v) is 1.86. The van der Waals surface area contributed by atoms with E-state index >= 15 is 0 Å². The average molecular weight is 227 g/mol. The first-order chi connectivity index (χ1) is 7.00. The van der Waals surface area contributed by atoms with Crippen LogP contribution in [-0.2, 0) is 0 Å². The summed E-state index contributed by atoms with van der Waals surface area (Å²) in [5.74, 6) is 0.0585. The Morgan fingerprint density at radius 3 is 2.67 bits per heavy atom. The third-order valence-corrected chi connectivity index (χ3v) is 3.20. The molecule has 2 N–H and O–H groups in total. The van der Waals surface area contributed by atoms with Gasteiger partial charge in [-0.05, 0) is 25.0 Å². The quantitative estimate of drug-likeness (QED) is 0.824. The Morgan fingerprint density at radius 2 is 2.20 bits per heavy atom. The third kappa shape index (κ3) is 3.64. The van der Waals surface area contributed by atoms with Gasteiger partial charge in [0.2, 0.25) is 0 Å². The third-order valence-electron chi connectivity index (χ3n) is 2.21. The summed E-state index contributed by atoms with van der Waals surface area (Å²) in [6.45, 7) is 6.12. The van der Waals surface area contributed by atoms with E-state index in [4.69, 9.17) is 0 Å². The van der Waals surface area contributed by atoms with E-state index in [9.17, 15) is 9.90 Å². The van der Waals surface area contributed by atoms with Crippen LogP contribution < -0.4 is 5.32 Å². The summed E-state index contributed by atoms with van der Waals surface area (Å²) in [7, 11) is 0. The molecular weight excluding hydrogens is 210 g/mol. The lowest BCUT2D eigenvalue weighted by Crippen LogP contribution is -2.34. The Bertz CT molecular complexity index is 333. The summed E-state index contributed by atoms with van der Waals surface area (Å²) in [5.41, 5.74) is 0. The molecule has 0 aliphatic carbocycles. The standard InChI is InChI=1S/C11H17NO2S/c1-7(2)9(13)6-12-11(14)10-5-4-8(3)15-10/h4-5,7,9,13H,6H2,1-3H3,(H,12,14). The van der Waals surface area contributed by atoms with Crippen molar-refractivity contribution in [3.8, 4) is 0 Å². The molecule has 1 heterocycles. The van der Waals surface area contributed by atoms with Gasteiger partial charge in [0.15, 0.2) is 0 Å². The van der Waals surface area contributed by atoms with Gasteiger partial charge >= 0.3 is 0 Å². The first kappa shape index (κ1) is 12.2. The first-order valence-electron chi connectivity index (χ1n) is 5.03. The van der Waals surface area contributed by atoms with Crippen molar-refractivity contribution >= 4 is 17.2 Å². The second-order valence-corrected chi connectivity index (χ2v) is 5.22. The van der Waals surface area contributed by atoms with Crippen molar-refractivity contribution < 1.29 is 9.90 Å². The van der Waals surface area contributed by atoms with Crippen molar-refractivity contribution in [1.82, 2.24) is 5.32 Å². The molecule has 1 aromatic heterocycles. The fraction of sp³-hybridized carbons (Fsp3) is 0.545. The zero-order valence-electron chi connectivity index (χ0n) is 9.28. The SMILES string of the molecule is Cc1ccc(C(=O)NCC(O)C(C)C)s1. The molecule has 0 fully saturated rings. The van der Waals surface area contributed by atoms with Crippen molar-refractivity contribution in [2.75, 3.05) is 6.54 Å². The number of thiophene rings is 1. The minimum Gasteiger partial charge on any atom is -0.391 e. The summed E-state index contributed by atoms with van der Waals surface area (Å²) < 4.78 is 0. The van der Waals surface area contributed by atoms with Gasteiger partial charge in [0, 0.05) is 11.4 Å². The fourth-order valence-electron chi connectivity index (χ4n) is 1.08. The lowest BCUT2D eigenvalue weighted by molar-refractivity contribution is 0.0875. The largest absolute Gasteiger partial charge is 0.391 e. The summed E-state index contributed by atoms with van der Waals surface area (Å²) in [6, 6.07) is 3.72. The van der Waals surface area contributed by atoms with E-state index < -0.39 is 6.10 Å². The van der Waals surface area contributed by atoms with Gasteiger partial charge in [-0.3, -0.25) is 4.79 Å². The van der Waals surface area contributed by atoms with Crippen molar-refractivity contribution in [1.29, 1.82) is 0 Å². The summed E-state index contributed by atoms with van der Waals surface area (Å²) >= 11 is 1.46. The van der Waals surface area contributed by atoms with Crippen LogP contribution in [0.3, 0.4) is 0 Å². The van der Waals surface area contributed by atoms with Crippen LogP contribution in [0.5, 0.6) is 0 Å². The predicted molar refractivity (Wildman–Crippen MR) is 62.2 cm³/mol. The Kier molecular flexibility index (Phi) is 4.29. The minimum absolute atomic E-state index is 0.104. The minimum atomic E-state index is -0.477. The van der Waals surface area contributed by atoms with E-state index in [1.165, 1.54) is 11.3 Å². The number of aryl methyl sites for hydroxylation is 1. The van der Waals surface area contributed by atoms with E-state index in [2.05, 4.69) is 5.32 Å². The van der Waals surface area contributed by atoms with E-state index in [0.717, 1.165) is 4.88 Å². The maximum Gasteiger partial charge on any atom is 0.261 e. The predicted octanol–water partition coefficient (Wildman–Crippen LogP) is 1.80. The molecule has 0 spiro atoms. The van der Waals surface area contributed by atoms with Crippen molar-refractivity contribution in [3.63, 3.8) is 0 Å². The normalized spacial score (nSPS) is 12.9. The topological polar surface area (TPSA) is 49.3 Å². The molecule has 1 unspecified atom stereocenters. The summed E-state index contributed by atoms with van der Waals surface area (Å²) in [4.78, 5) is 13.4. The number of amides is 1. The molecular formula is C11H17NO2S. The first-order valence-corrected chi connectivity index (χ1v) is 5.85. The lowest BCUT2D eigenvalue weighted by atomic mass is 10.1. The highest BCUT2D eigenvalue weighted by Crippen LogP contribution is 2.14. The van der Waals surface area contributed by atoms with E-state index in [1.807, 2.05) is 26.8 Å². The highest BCUT2D eigenvalue weighted by atomic mass is 32.1. The number of carbonyl (C=O) groups excluding carboxylic acids is 1. The lowest BCUT2D eigenvalue weighted by Gasteiger charge is -2.14. The van der Waals surface area contributed by atoms with Crippen LogP contribution in [0.15, 0.2) is 12.1 Å². The molecule has 0 saturated carbocycles. The second kappa shape index (κ2) is 5.28. The van der Waals surface area contributed by atoms with Gasteiger partial charge in [-0.1, -0.05) is 13.8 Å². The van der Waals surface area contributed by atoms with E-state index in [1.54, 1.807) is 6.07 Å². The molecule has 1 rings (SSSR count). The highest BCUT2D eigenvalue weighted by Gasteiger charge is 2.12. The Hall–Kier alpha value is -0.870. The molecule has 84 valence electrons. The molecule has 0 radical (unpaired) electrons. The van der Waals surface area contributed by atoms with Gasteiger partial charge < -0.3 is 10.4 Å². The Balaban J connectivity index is 2.43. The van der Waals surface area contributed by atoms with Crippen LogP contribution in [0.2, 0.25) is 0 Å². The Morgan fingerprint density at radius 1 is 1.53 bits per heavy atom. The number of hydrogen-bond donors (Lipinski definition) is 2. The van der Waals surface area contributed by atoms with Crippen LogP contribution in [0.1, 0.15) is 28.4 Å². The van der Waals surface area contributed by atoms with Gasteiger partial charge in [-0.25, -0.2) is 0 Å². The number of aliphatic hydroxyl groups excluding tert-OH is 1. The van der Waals surface area contributed by atoms with Crippen molar-refractivity contribution in [3.05, 3.63) is 21.9 Å². The smallest absolute Gasteiger partial charge is 0.261 e. The van der Waals surface area contributed by atoms with E-state index in [-0.39, 0.29) is 11.8 Å². The molecule has 0 bridgehead atoms. The highest BCUT2D eigenvalue weighted by molar-refractivity contribution is 7.13. The molecule has 0 saturated heterocycles. The zero-order valence-corrected chi connectivity index (χ0v) is 10.1. The van der Waals surface area contributed by atoms with Crippen LogP contribution in [0.4, 0.5) is 0 Å². The molecule has 3 nitrogen and oxygen atoms in total. The molecule has 15 heavy (non-hydrogen) atoms. The molecule has 1 aromatic rings. The number of nitrogens with one attached hydrogen (secondary N) is 1. The maximum atomic E-state index is 11.6. The van der Waals surface area contributed by atoms with Crippen LogP contribution in [0.25, 0.3) is 0 Å². The molecule has 0 aliphatic heterocycles. The molecule has 0 aromatic carbocycles. The summed E-state index contributed by atoms with van der Waals surface area (Å²) in [5, 5.41) is 12.2. The number of hydrogen-bond acceptors (Lipinski definition) is 3. The number of rotatable bonds is 4. The van der Waals surface area contributed by atoms with Gasteiger partial charge in [0.05, 0.1) is 11.0 Å². The number of aliphatic hydroxyl groups is 1. The monoisotopic (exact) mass is 227 g/mol. The average Bonchev–Trinajstić information content (AvgIpc) is 2.60. The number of carbonyl (C=O) groups is 1. The molecule has 0 aliphatic rings. The van der Waals surface area contributed by atoms with Gasteiger partial charge in [0.1, 0.15) is 0 Å². The van der Waals surface area contributed by atoms with Gasteiger partial charge in [-0.15, -0.1) is 11.3 Å². The van der Waals surface area contributed by atoms with Crippen LogP contribution in [-0.4, -0.2) is 23.7 Å². The molecule has 1 amide bonds. The van der Waals surface area contributed by atoms with Gasteiger partial charge in [0.25, 0.3) is 5.91 Å². The second-order valence-electron chi connectivity index (χ2n) is 3.93. The van der Waals surface area contributed by atoms with Crippen molar-refractivity contribution in [2.24, 2.45) is 5.92 Å². The summed E-state index contributed by atoms with van der Waals surface area (Å²) in [6.07, 6.45) is -0.477. The van der Waals surface area contributed by atoms with Crippen LogP contribution in [0, 0.1) is 12.8 Å². The molecule has 1 atom stereocenters. The van der Waals surface area contributed by atoms with Crippen LogP contribution >= 0.6 is 11.3 Å². The van der Waals surface area contributed by atoms with E-state index in [0.29, 0.717) is 11.4 Å². The maximum absolute atomic E-state index is 11.6. The van der Waals surface area contributed by atoms with Gasteiger partial charge in [-0.2, -0.15) is 0 Å². The molecule has 4 heteroatoms. The van der Waals surface area contributed by atoms with Crippen molar-refractivity contribution in [2.45, 2.75) is 26.9 Å². The Labute approximate surface area is 94.1 Å². The zero-order chi connectivity index (χ0) is 11.4.